The van der Waals surface area contributed by atoms with Crippen LogP contribution in [-0.4, -0.2) is 21.7 Å². The van der Waals surface area contributed by atoms with E-state index in [0.717, 1.165) is 37.0 Å². The standard InChI is InChI=1S/C21H19N3O3/c25-19-14-7-2-1-6-13(14)18(23-24-19)20(26)22-16-12-21(10-5-11-21)27-17-9-4-3-8-15(16)17/h1-4,6-9,16H,5,10-12H2,(H,22,26)(H,24,25). The highest BCUT2D eigenvalue weighted by Crippen LogP contribution is 2.48. The lowest BCUT2D eigenvalue weighted by Crippen LogP contribution is -2.49. The van der Waals surface area contributed by atoms with Gasteiger partial charge in [0.1, 0.15) is 11.4 Å². The van der Waals surface area contributed by atoms with Gasteiger partial charge in [-0.05, 0) is 31.4 Å². The van der Waals surface area contributed by atoms with Crippen molar-refractivity contribution in [2.45, 2.75) is 37.3 Å². The number of hydrogen-bond donors (Lipinski definition) is 2. The zero-order chi connectivity index (χ0) is 18.4. The molecule has 1 aliphatic heterocycles. The molecule has 0 saturated heterocycles. The van der Waals surface area contributed by atoms with E-state index in [1.54, 1.807) is 24.3 Å². The fourth-order valence-corrected chi connectivity index (χ4v) is 4.14. The van der Waals surface area contributed by atoms with Gasteiger partial charge in [0.15, 0.2) is 5.69 Å². The summed E-state index contributed by atoms with van der Waals surface area (Å²) in [7, 11) is 0. The quantitative estimate of drug-likeness (QED) is 0.735. The van der Waals surface area contributed by atoms with Crippen molar-refractivity contribution in [2.24, 2.45) is 0 Å². The molecule has 6 heteroatoms. The van der Waals surface area contributed by atoms with Crippen molar-refractivity contribution < 1.29 is 9.53 Å². The number of hydrogen-bond acceptors (Lipinski definition) is 4. The number of nitrogens with zero attached hydrogens (tertiary/aromatic N) is 1. The zero-order valence-corrected chi connectivity index (χ0v) is 14.7. The Labute approximate surface area is 155 Å². The van der Waals surface area contributed by atoms with Gasteiger partial charge in [0.2, 0.25) is 0 Å². The smallest absolute Gasteiger partial charge is 0.272 e. The molecule has 1 aliphatic carbocycles. The summed E-state index contributed by atoms with van der Waals surface area (Å²) in [5.41, 5.74) is 0.744. The van der Waals surface area contributed by atoms with Gasteiger partial charge in [0.25, 0.3) is 11.5 Å². The second-order valence-electron chi connectivity index (χ2n) is 7.35. The maximum Gasteiger partial charge on any atom is 0.272 e. The van der Waals surface area contributed by atoms with Crippen LogP contribution in [0.2, 0.25) is 0 Å². The highest BCUT2D eigenvalue weighted by Gasteiger charge is 2.45. The van der Waals surface area contributed by atoms with Gasteiger partial charge < -0.3 is 10.1 Å². The fourth-order valence-electron chi connectivity index (χ4n) is 4.14. The largest absolute Gasteiger partial charge is 0.487 e. The van der Waals surface area contributed by atoms with E-state index in [0.29, 0.717) is 10.8 Å². The van der Waals surface area contributed by atoms with Crippen molar-refractivity contribution in [2.75, 3.05) is 0 Å². The number of aromatic amines is 1. The predicted octanol–water partition coefficient (Wildman–Crippen LogP) is 3.10. The number of nitrogens with one attached hydrogen (secondary N) is 2. The van der Waals surface area contributed by atoms with Crippen LogP contribution >= 0.6 is 0 Å². The summed E-state index contributed by atoms with van der Waals surface area (Å²) in [4.78, 5) is 25.0. The normalized spacial score (nSPS) is 19.8. The summed E-state index contributed by atoms with van der Waals surface area (Å²) >= 11 is 0. The number of benzene rings is 2. The first-order chi connectivity index (χ1) is 13.2. The van der Waals surface area contributed by atoms with Crippen molar-refractivity contribution in [3.63, 3.8) is 0 Å². The molecule has 2 aromatic carbocycles. The van der Waals surface area contributed by atoms with E-state index in [9.17, 15) is 9.59 Å². The van der Waals surface area contributed by atoms with Crippen LogP contribution in [0.15, 0.2) is 53.3 Å². The van der Waals surface area contributed by atoms with Crippen molar-refractivity contribution in [1.29, 1.82) is 0 Å². The molecule has 27 heavy (non-hydrogen) atoms. The van der Waals surface area contributed by atoms with Crippen LogP contribution in [0.3, 0.4) is 0 Å². The number of rotatable bonds is 2. The number of amides is 1. The van der Waals surface area contributed by atoms with Gasteiger partial charge in [-0.3, -0.25) is 9.59 Å². The van der Waals surface area contributed by atoms with Crippen LogP contribution in [0.25, 0.3) is 10.8 Å². The second kappa shape index (κ2) is 5.94. The average Bonchev–Trinajstić information content (AvgIpc) is 2.67. The van der Waals surface area contributed by atoms with E-state index in [1.165, 1.54) is 0 Å². The Morgan fingerprint density at radius 2 is 1.85 bits per heavy atom. The van der Waals surface area contributed by atoms with Gasteiger partial charge >= 0.3 is 0 Å². The summed E-state index contributed by atoms with van der Waals surface area (Å²) in [5.74, 6) is 0.548. The average molecular weight is 361 g/mol. The predicted molar refractivity (Wildman–Crippen MR) is 101 cm³/mol. The first-order valence-corrected chi connectivity index (χ1v) is 9.21. The molecule has 3 aromatic rings. The van der Waals surface area contributed by atoms with Crippen molar-refractivity contribution >= 4 is 16.7 Å². The Kier molecular flexibility index (Phi) is 3.53. The van der Waals surface area contributed by atoms with Crippen LogP contribution in [0.4, 0.5) is 0 Å². The molecule has 0 radical (unpaired) electrons. The van der Waals surface area contributed by atoms with Crippen LogP contribution in [0.5, 0.6) is 5.75 Å². The molecular formula is C21H19N3O3. The van der Waals surface area contributed by atoms with E-state index in [2.05, 4.69) is 15.5 Å². The third kappa shape index (κ3) is 2.60. The monoisotopic (exact) mass is 361 g/mol. The number of fused-ring (bicyclic) bond motifs is 2. The Balaban J connectivity index is 1.51. The zero-order valence-electron chi connectivity index (χ0n) is 14.7. The van der Waals surface area contributed by atoms with Gasteiger partial charge in [-0.2, -0.15) is 5.10 Å². The van der Waals surface area contributed by atoms with Crippen molar-refractivity contribution in [3.8, 4) is 5.75 Å². The lowest BCUT2D eigenvalue weighted by Gasteiger charge is -2.48. The molecule has 1 saturated carbocycles. The van der Waals surface area contributed by atoms with Crippen LogP contribution < -0.4 is 15.6 Å². The molecule has 1 atom stereocenters. The molecule has 6 nitrogen and oxygen atoms in total. The van der Waals surface area contributed by atoms with Gasteiger partial charge in [-0.25, -0.2) is 5.10 Å². The van der Waals surface area contributed by atoms with Crippen LogP contribution in [-0.2, 0) is 0 Å². The van der Waals surface area contributed by atoms with E-state index in [4.69, 9.17) is 4.74 Å². The molecular weight excluding hydrogens is 342 g/mol. The van der Waals surface area contributed by atoms with Gasteiger partial charge in [-0.1, -0.05) is 36.4 Å². The Bertz CT molecular complexity index is 1100. The minimum absolute atomic E-state index is 0.143. The third-order valence-corrected chi connectivity index (χ3v) is 5.68. The lowest BCUT2D eigenvalue weighted by molar-refractivity contribution is -0.0360. The van der Waals surface area contributed by atoms with E-state index >= 15 is 0 Å². The van der Waals surface area contributed by atoms with E-state index in [-0.39, 0.29) is 28.8 Å². The second-order valence-corrected chi connectivity index (χ2v) is 7.35. The van der Waals surface area contributed by atoms with Crippen LogP contribution in [0, 0.1) is 0 Å². The van der Waals surface area contributed by atoms with E-state index in [1.807, 2.05) is 24.3 Å². The van der Waals surface area contributed by atoms with Gasteiger partial charge in [0.05, 0.1) is 11.4 Å². The summed E-state index contributed by atoms with van der Waals surface area (Å²) in [6.07, 6.45) is 3.91. The van der Waals surface area contributed by atoms with Crippen molar-refractivity contribution in [1.82, 2.24) is 15.5 Å². The molecule has 0 bridgehead atoms. The Hall–Kier alpha value is -3.15. The number of aromatic nitrogens is 2. The number of para-hydroxylation sites is 1. The molecule has 5 rings (SSSR count). The van der Waals surface area contributed by atoms with E-state index < -0.39 is 0 Å². The molecule has 1 amide bonds. The van der Waals surface area contributed by atoms with Gasteiger partial charge in [0, 0.05) is 17.4 Å². The first kappa shape index (κ1) is 16.1. The molecule has 1 aromatic heterocycles. The molecule has 1 unspecified atom stereocenters. The molecule has 2 N–H and O–H groups in total. The molecule has 136 valence electrons. The number of carbonyl (C=O) groups is 1. The molecule has 2 aliphatic rings. The first-order valence-electron chi connectivity index (χ1n) is 9.21. The SMILES string of the molecule is O=C(NC1CC2(CCC2)Oc2ccccc21)c1n[nH]c(=O)c2ccccc12. The molecule has 1 fully saturated rings. The highest BCUT2D eigenvalue weighted by molar-refractivity contribution is 6.04. The fraction of sp³-hybridized carbons (Fsp3) is 0.286. The Morgan fingerprint density at radius 3 is 2.63 bits per heavy atom. The third-order valence-electron chi connectivity index (χ3n) is 5.68. The van der Waals surface area contributed by atoms with Crippen molar-refractivity contribution in [3.05, 3.63) is 70.1 Å². The summed E-state index contributed by atoms with van der Waals surface area (Å²) in [6.45, 7) is 0. The molecule has 1 spiro atoms. The van der Waals surface area contributed by atoms with Crippen LogP contribution in [0.1, 0.15) is 47.8 Å². The summed E-state index contributed by atoms with van der Waals surface area (Å²) < 4.78 is 6.24. The summed E-state index contributed by atoms with van der Waals surface area (Å²) in [6, 6.07) is 14.7. The maximum absolute atomic E-state index is 13.0. The molecule has 2 heterocycles. The van der Waals surface area contributed by atoms with Gasteiger partial charge in [-0.15, -0.1) is 0 Å². The number of ether oxygens (including phenoxy) is 1. The maximum atomic E-state index is 13.0. The number of carbonyl (C=O) groups excluding carboxylic acids is 1. The topological polar surface area (TPSA) is 84.1 Å². The minimum atomic E-state index is -0.299. The number of H-pyrrole nitrogens is 1. The summed E-state index contributed by atoms with van der Waals surface area (Å²) in [5, 5.41) is 10.6. The highest BCUT2D eigenvalue weighted by atomic mass is 16.5. The Morgan fingerprint density at radius 1 is 1.11 bits per heavy atom. The lowest BCUT2D eigenvalue weighted by atomic mass is 9.73. The minimum Gasteiger partial charge on any atom is -0.487 e.